The fourth-order valence-corrected chi connectivity index (χ4v) is 3.22. The Morgan fingerprint density at radius 2 is 1.80 bits per heavy atom. The number of nitrogens with one attached hydrogen (secondary N) is 1. The molecule has 0 atom stereocenters. The van der Waals surface area contributed by atoms with E-state index in [-0.39, 0.29) is 17.7 Å². The highest BCUT2D eigenvalue weighted by molar-refractivity contribution is 5.78. The van der Waals surface area contributed by atoms with Gasteiger partial charge in [-0.2, -0.15) is 0 Å². The fourth-order valence-electron chi connectivity index (χ4n) is 3.22. The number of ether oxygens (including phenoxy) is 1. The summed E-state index contributed by atoms with van der Waals surface area (Å²) in [5.41, 5.74) is 0. The molecule has 2 fully saturated rings. The van der Waals surface area contributed by atoms with Crippen molar-refractivity contribution in [1.82, 2.24) is 10.2 Å². The van der Waals surface area contributed by atoms with Gasteiger partial charge in [-0.05, 0) is 25.7 Å². The molecule has 2 aliphatic rings. The van der Waals surface area contributed by atoms with E-state index in [1.807, 2.05) is 4.90 Å². The maximum atomic E-state index is 12.0. The quantitative estimate of drug-likeness (QED) is 0.827. The van der Waals surface area contributed by atoms with Gasteiger partial charge in [-0.15, -0.1) is 0 Å². The van der Waals surface area contributed by atoms with Crippen LogP contribution in [0.4, 0.5) is 0 Å². The van der Waals surface area contributed by atoms with E-state index in [0.29, 0.717) is 32.3 Å². The number of carbonyl (C=O) groups is 2. The molecule has 0 radical (unpaired) electrons. The summed E-state index contributed by atoms with van der Waals surface area (Å²) in [6.45, 7) is 4.18. The van der Waals surface area contributed by atoms with Gasteiger partial charge in [-0.3, -0.25) is 9.59 Å². The summed E-state index contributed by atoms with van der Waals surface area (Å²) in [5.74, 6) is 0.321. The van der Waals surface area contributed by atoms with Gasteiger partial charge in [0.2, 0.25) is 11.8 Å². The van der Waals surface area contributed by atoms with E-state index < -0.39 is 0 Å². The predicted molar refractivity (Wildman–Crippen MR) is 76.2 cm³/mol. The van der Waals surface area contributed by atoms with Gasteiger partial charge < -0.3 is 15.0 Å². The Morgan fingerprint density at radius 3 is 2.40 bits per heavy atom. The van der Waals surface area contributed by atoms with Gasteiger partial charge in [0, 0.05) is 45.2 Å². The third-order valence-corrected chi connectivity index (χ3v) is 4.41. The molecule has 0 aromatic heterocycles. The van der Waals surface area contributed by atoms with Crippen LogP contribution in [0.15, 0.2) is 0 Å². The van der Waals surface area contributed by atoms with Crippen molar-refractivity contribution in [3.8, 4) is 0 Å². The molecule has 5 nitrogen and oxygen atoms in total. The molecular weight excluding hydrogens is 256 g/mol. The molecule has 0 unspecified atom stereocenters. The normalized spacial score (nSPS) is 20.9. The third-order valence-electron chi connectivity index (χ3n) is 4.41. The Morgan fingerprint density at radius 1 is 1.15 bits per heavy atom. The SMILES string of the molecule is CC(=O)N(CCNC(=O)C1CCOCC1)C1CCCC1. The van der Waals surface area contributed by atoms with Crippen molar-refractivity contribution in [3.63, 3.8) is 0 Å². The lowest BCUT2D eigenvalue weighted by molar-refractivity contribution is -0.132. The molecule has 0 bridgehead atoms. The van der Waals surface area contributed by atoms with Crippen molar-refractivity contribution in [2.75, 3.05) is 26.3 Å². The van der Waals surface area contributed by atoms with Crippen molar-refractivity contribution in [3.05, 3.63) is 0 Å². The van der Waals surface area contributed by atoms with Gasteiger partial charge in [0.05, 0.1) is 0 Å². The molecule has 1 heterocycles. The molecule has 1 saturated heterocycles. The van der Waals surface area contributed by atoms with Crippen molar-refractivity contribution in [2.24, 2.45) is 5.92 Å². The van der Waals surface area contributed by atoms with Crippen molar-refractivity contribution < 1.29 is 14.3 Å². The minimum Gasteiger partial charge on any atom is -0.381 e. The van der Waals surface area contributed by atoms with E-state index in [4.69, 9.17) is 4.74 Å². The molecular formula is C15H26N2O3. The average molecular weight is 282 g/mol. The van der Waals surface area contributed by atoms with Gasteiger partial charge in [-0.25, -0.2) is 0 Å². The first kappa shape index (κ1) is 15.3. The zero-order valence-electron chi connectivity index (χ0n) is 12.4. The zero-order chi connectivity index (χ0) is 14.4. The molecule has 0 aromatic carbocycles. The fraction of sp³-hybridized carbons (Fsp3) is 0.867. The molecule has 1 aliphatic carbocycles. The molecule has 1 saturated carbocycles. The van der Waals surface area contributed by atoms with Gasteiger partial charge in [0.15, 0.2) is 0 Å². The lowest BCUT2D eigenvalue weighted by atomic mass is 9.99. The largest absolute Gasteiger partial charge is 0.381 e. The van der Waals surface area contributed by atoms with Crippen LogP contribution < -0.4 is 5.32 Å². The van der Waals surface area contributed by atoms with Crippen LogP contribution in [-0.4, -0.2) is 49.1 Å². The zero-order valence-corrected chi connectivity index (χ0v) is 12.4. The van der Waals surface area contributed by atoms with Crippen LogP contribution in [0, 0.1) is 5.92 Å². The Kier molecular flexibility index (Phi) is 5.83. The monoisotopic (exact) mass is 282 g/mol. The lowest BCUT2D eigenvalue weighted by Crippen LogP contribution is -2.44. The number of carbonyl (C=O) groups excluding carboxylic acids is 2. The average Bonchev–Trinajstić information content (AvgIpc) is 2.97. The van der Waals surface area contributed by atoms with Gasteiger partial charge in [0.1, 0.15) is 0 Å². The predicted octanol–water partition coefficient (Wildman–Crippen LogP) is 1.32. The summed E-state index contributed by atoms with van der Waals surface area (Å²) in [4.78, 5) is 25.6. The molecule has 0 spiro atoms. The Hall–Kier alpha value is -1.10. The van der Waals surface area contributed by atoms with E-state index in [9.17, 15) is 9.59 Å². The highest BCUT2D eigenvalue weighted by atomic mass is 16.5. The number of hydrogen-bond acceptors (Lipinski definition) is 3. The Bertz CT molecular complexity index is 334. The van der Waals surface area contributed by atoms with E-state index >= 15 is 0 Å². The number of rotatable bonds is 5. The van der Waals surface area contributed by atoms with E-state index in [0.717, 1.165) is 25.7 Å². The van der Waals surface area contributed by atoms with Gasteiger partial charge in [0.25, 0.3) is 0 Å². The molecule has 1 N–H and O–H groups in total. The second-order valence-electron chi connectivity index (χ2n) is 5.83. The molecule has 2 amide bonds. The first-order valence-corrected chi connectivity index (χ1v) is 7.81. The summed E-state index contributed by atoms with van der Waals surface area (Å²) in [5, 5.41) is 2.97. The topological polar surface area (TPSA) is 58.6 Å². The van der Waals surface area contributed by atoms with E-state index in [1.54, 1.807) is 6.92 Å². The highest BCUT2D eigenvalue weighted by Gasteiger charge is 2.25. The maximum Gasteiger partial charge on any atom is 0.223 e. The number of hydrogen-bond donors (Lipinski definition) is 1. The minimum atomic E-state index is 0.0843. The summed E-state index contributed by atoms with van der Waals surface area (Å²) in [6.07, 6.45) is 6.25. The van der Waals surface area contributed by atoms with E-state index in [2.05, 4.69) is 5.32 Å². The minimum absolute atomic E-state index is 0.0843. The van der Waals surface area contributed by atoms with Gasteiger partial charge in [-0.1, -0.05) is 12.8 Å². The first-order chi connectivity index (χ1) is 9.68. The van der Waals surface area contributed by atoms with Crippen LogP contribution in [-0.2, 0) is 14.3 Å². The van der Waals surface area contributed by atoms with Crippen LogP contribution >= 0.6 is 0 Å². The molecule has 5 heteroatoms. The molecule has 20 heavy (non-hydrogen) atoms. The number of amides is 2. The lowest BCUT2D eigenvalue weighted by Gasteiger charge is -2.28. The first-order valence-electron chi connectivity index (χ1n) is 7.81. The summed E-state index contributed by atoms with van der Waals surface area (Å²) in [7, 11) is 0. The van der Waals surface area contributed by atoms with Crippen molar-refractivity contribution in [1.29, 1.82) is 0 Å². The van der Waals surface area contributed by atoms with Crippen LogP contribution in [0.3, 0.4) is 0 Å². The smallest absolute Gasteiger partial charge is 0.223 e. The molecule has 1 aliphatic heterocycles. The Labute approximate surface area is 121 Å². The van der Waals surface area contributed by atoms with Crippen molar-refractivity contribution >= 4 is 11.8 Å². The van der Waals surface area contributed by atoms with E-state index in [1.165, 1.54) is 12.8 Å². The molecule has 2 rings (SSSR count). The van der Waals surface area contributed by atoms with Crippen LogP contribution in [0.1, 0.15) is 45.4 Å². The van der Waals surface area contributed by atoms with Crippen molar-refractivity contribution in [2.45, 2.75) is 51.5 Å². The van der Waals surface area contributed by atoms with Crippen LogP contribution in [0.25, 0.3) is 0 Å². The van der Waals surface area contributed by atoms with Crippen LogP contribution in [0.5, 0.6) is 0 Å². The number of nitrogens with zero attached hydrogens (tertiary/aromatic N) is 1. The summed E-state index contributed by atoms with van der Waals surface area (Å²) >= 11 is 0. The second-order valence-corrected chi connectivity index (χ2v) is 5.83. The molecule has 0 aromatic rings. The standard InChI is InChI=1S/C15H26N2O3/c1-12(18)17(14-4-2-3-5-14)9-8-16-15(19)13-6-10-20-11-7-13/h13-14H,2-11H2,1H3,(H,16,19). The highest BCUT2D eigenvalue weighted by Crippen LogP contribution is 2.23. The maximum absolute atomic E-state index is 12.0. The summed E-state index contributed by atoms with van der Waals surface area (Å²) in [6, 6.07) is 0.382. The molecule has 114 valence electrons. The second kappa shape index (κ2) is 7.62. The third kappa shape index (κ3) is 4.20. The van der Waals surface area contributed by atoms with Crippen LogP contribution in [0.2, 0.25) is 0 Å². The Balaban J connectivity index is 1.72. The van der Waals surface area contributed by atoms with Gasteiger partial charge >= 0.3 is 0 Å². The summed E-state index contributed by atoms with van der Waals surface area (Å²) < 4.78 is 5.26.